The minimum atomic E-state index is -5.08. The first-order valence-corrected chi connectivity index (χ1v) is 12.1. The van der Waals surface area contributed by atoms with Gasteiger partial charge in [-0.3, -0.25) is 4.57 Å². The molecule has 2 aromatic carbocycles. The lowest BCUT2D eigenvalue weighted by molar-refractivity contribution is -0.192. The van der Waals surface area contributed by atoms with E-state index in [-0.39, 0.29) is 30.1 Å². The predicted octanol–water partition coefficient (Wildman–Crippen LogP) is 2.91. The van der Waals surface area contributed by atoms with Crippen molar-refractivity contribution < 1.29 is 40.3 Å². The molecular formula is C22H21F5N4O5S. The molecule has 0 saturated carbocycles. The van der Waals surface area contributed by atoms with E-state index >= 15 is 0 Å². The fraction of sp³-hybridized carbons (Fsp3) is 0.227. The van der Waals surface area contributed by atoms with E-state index in [1.165, 1.54) is 10.9 Å². The summed E-state index contributed by atoms with van der Waals surface area (Å²) in [6, 6.07) is 13.9. The van der Waals surface area contributed by atoms with Crippen molar-refractivity contribution in [2.75, 3.05) is 12.8 Å². The summed E-state index contributed by atoms with van der Waals surface area (Å²) < 4.78 is 82.6. The molecular weight excluding hydrogens is 527 g/mol. The van der Waals surface area contributed by atoms with Crippen LogP contribution in [0.25, 0.3) is 11.1 Å². The topological polar surface area (TPSA) is 137 Å². The molecule has 3 N–H and O–H groups in total. The molecule has 9 nitrogen and oxygen atoms in total. The second-order valence-corrected chi connectivity index (χ2v) is 9.58. The average Bonchev–Trinajstić information content (AvgIpc) is 3.16. The minimum Gasteiger partial charge on any atom is -0.475 e. The van der Waals surface area contributed by atoms with E-state index in [0.29, 0.717) is 0 Å². The molecule has 3 rings (SSSR count). The Morgan fingerprint density at radius 1 is 1.03 bits per heavy atom. The molecule has 0 unspecified atom stereocenters. The van der Waals surface area contributed by atoms with E-state index in [9.17, 15) is 35.2 Å². The van der Waals surface area contributed by atoms with Crippen LogP contribution in [0.1, 0.15) is 5.56 Å². The molecule has 200 valence electrons. The van der Waals surface area contributed by atoms with Crippen LogP contribution in [0.2, 0.25) is 0 Å². The lowest BCUT2D eigenvalue weighted by Gasteiger charge is -2.06. The van der Waals surface area contributed by atoms with Crippen molar-refractivity contribution in [1.82, 2.24) is 14.3 Å². The number of nitrogens with zero attached hydrogens (tertiary/aromatic N) is 3. The van der Waals surface area contributed by atoms with Gasteiger partial charge < -0.3 is 10.8 Å². The Morgan fingerprint density at radius 3 is 1.92 bits per heavy atom. The van der Waals surface area contributed by atoms with Gasteiger partial charge in [-0.25, -0.2) is 22.7 Å². The van der Waals surface area contributed by atoms with E-state index in [4.69, 9.17) is 15.6 Å². The smallest absolute Gasteiger partial charge is 0.475 e. The second kappa shape index (κ2) is 11.9. The molecule has 0 saturated heterocycles. The lowest BCUT2D eigenvalue weighted by atomic mass is 10.0. The van der Waals surface area contributed by atoms with Crippen LogP contribution in [0.3, 0.4) is 0 Å². The molecule has 37 heavy (non-hydrogen) atoms. The summed E-state index contributed by atoms with van der Waals surface area (Å²) in [5, 5.41) is 11.0. The number of carboxylic acid groups (broad SMARTS) is 1. The van der Waals surface area contributed by atoms with Gasteiger partial charge in [0.25, 0.3) is 6.08 Å². The standard InChI is InChI=1S/C20H20F2N4O3S.C2HF3O2/c1-30(28,29)18-8-6-16(7-9-18)15-4-2-14(3-5-15)11-25-13-24-26(20(25)27)12-17(10-23)19(21)22;3-2(4,5)1(6)7/h2-9,13H,10-12,23H2,1H3;(H,6,7). The number of hydrogen-bond donors (Lipinski definition) is 2. The Hall–Kier alpha value is -3.85. The maximum absolute atomic E-state index is 12.7. The van der Waals surface area contributed by atoms with Gasteiger partial charge in [0.2, 0.25) is 0 Å². The summed E-state index contributed by atoms with van der Waals surface area (Å²) in [7, 11) is -3.25. The number of carboxylic acids is 1. The predicted molar refractivity (Wildman–Crippen MR) is 123 cm³/mol. The zero-order valence-corrected chi connectivity index (χ0v) is 19.9. The highest BCUT2D eigenvalue weighted by molar-refractivity contribution is 7.90. The summed E-state index contributed by atoms with van der Waals surface area (Å²) in [5.74, 6) is -2.76. The van der Waals surface area contributed by atoms with E-state index in [1.807, 2.05) is 24.3 Å². The molecule has 0 fully saturated rings. The van der Waals surface area contributed by atoms with Gasteiger partial charge in [-0.15, -0.1) is 0 Å². The van der Waals surface area contributed by atoms with Gasteiger partial charge in [-0.05, 0) is 28.8 Å². The number of halogens is 5. The zero-order valence-electron chi connectivity index (χ0n) is 19.1. The summed E-state index contributed by atoms with van der Waals surface area (Å²) >= 11 is 0. The van der Waals surface area contributed by atoms with E-state index in [1.54, 1.807) is 24.3 Å². The first-order chi connectivity index (χ1) is 17.1. The Morgan fingerprint density at radius 2 is 1.51 bits per heavy atom. The summed E-state index contributed by atoms with van der Waals surface area (Å²) in [4.78, 5) is 21.5. The normalized spacial score (nSPS) is 11.4. The van der Waals surface area contributed by atoms with Crippen LogP contribution in [-0.4, -0.2) is 52.8 Å². The van der Waals surface area contributed by atoms with Crippen molar-refractivity contribution in [2.45, 2.75) is 24.2 Å². The maximum Gasteiger partial charge on any atom is 0.490 e. The zero-order chi connectivity index (χ0) is 28.0. The minimum absolute atomic E-state index is 0.228. The third-order valence-electron chi connectivity index (χ3n) is 4.82. The maximum atomic E-state index is 12.7. The third-order valence-corrected chi connectivity index (χ3v) is 5.94. The van der Waals surface area contributed by atoms with Gasteiger partial charge in [0.05, 0.1) is 18.0 Å². The van der Waals surface area contributed by atoms with Crippen molar-refractivity contribution in [3.05, 3.63) is 82.6 Å². The number of rotatable bonds is 7. The number of benzene rings is 2. The molecule has 0 spiro atoms. The number of nitrogens with two attached hydrogens (primary N) is 1. The van der Waals surface area contributed by atoms with Gasteiger partial charge in [-0.2, -0.15) is 27.1 Å². The van der Waals surface area contributed by atoms with Gasteiger partial charge in [0.15, 0.2) is 9.84 Å². The fourth-order valence-corrected chi connectivity index (χ4v) is 3.50. The summed E-state index contributed by atoms with van der Waals surface area (Å²) in [5.41, 5.74) is 6.99. The Balaban J connectivity index is 0.000000604. The Labute approximate surface area is 207 Å². The van der Waals surface area contributed by atoms with Gasteiger partial charge in [0.1, 0.15) is 6.33 Å². The van der Waals surface area contributed by atoms with Gasteiger partial charge in [-0.1, -0.05) is 36.4 Å². The fourth-order valence-electron chi connectivity index (χ4n) is 2.86. The monoisotopic (exact) mass is 548 g/mol. The first-order valence-electron chi connectivity index (χ1n) is 10.2. The number of carbonyl (C=O) groups is 1. The van der Waals surface area contributed by atoms with Crippen LogP contribution < -0.4 is 11.4 Å². The van der Waals surface area contributed by atoms with Crippen molar-refractivity contribution in [2.24, 2.45) is 5.73 Å². The number of sulfone groups is 1. The number of aliphatic carboxylic acids is 1. The van der Waals surface area contributed by atoms with Gasteiger partial charge >= 0.3 is 17.8 Å². The Bertz CT molecular complexity index is 1420. The van der Waals surface area contributed by atoms with Gasteiger partial charge in [0, 0.05) is 18.4 Å². The van der Waals surface area contributed by atoms with Crippen molar-refractivity contribution in [3.8, 4) is 11.1 Å². The van der Waals surface area contributed by atoms with Crippen molar-refractivity contribution in [3.63, 3.8) is 0 Å². The molecule has 0 aliphatic heterocycles. The largest absolute Gasteiger partial charge is 0.490 e. The molecule has 1 heterocycles. The van der Waals surface area contributed by atoms with Crippen LogP contribution in [0.4, 0.5) is 22.0 Å². The number of alkyl halides is 3. The molecule has 0 aliphatic carbocycles. The second-order valence-electron chi connectivity index (χ2n) is 7.56. The molecule has 0 bridgehead atoms. The average molecular weight is 548 g/mol. The highest BCUT2D eigenvalue weighted by atomic mass is 32.2. The lowest BCUT2D eigenvalue weighted by Crippen LogP contribution is -2.27. The quantitative estimate of drug-likeness (QED) is 0.433. The van der Waals surface area contributed by atoms with E-state index in [0.717, 1.165) is 27.6 Å². The number of aromatic nitrogens is 3. The SMILES string of the molecule is CS(=O)(=O)c1ccc(-c2ccc(Cn3cnn(CC(CN)=C(F)F)c3=O)cc2)cc1.O=C(O)C(F)(F)F. The molecule has 15 heteroatoms. The highest BCUT2D eigenvalue weighted by Gasteiger charge is 2.38. The van der Waals surface area contributed by atoms with Crippen LogP contribution in [0.15, 0.2) is 76.2 Å². The van der Waals surface area contributed by atoms with E-state index in [2.05, 4.69) is 5.10 Å². The van der Waals surface area contributed by atoms with E-state index < -0.39 is 33.8 Å². The molecule has 0 radical (unpaired) electrons. The third kappa shape index (κ3) is 8.35. The van der Waals surface area contributed by atoms with Crippen LogP contribution in [0.5, 0.6) is 0 Å². The van der Waals surface area contributed by atoms with Crippen molar-refractivity contribution in [1.29, 1.82) is 0 Å². The highest BCUT2D eigenvalue weighted by Crippen LogP contribution is 2.22. The molecule has 0 atom stereocenters. The summed E-state index contributed by atoms with van der Waals surface area (Å²) in [6.07, 6.45) is -4.54. The number of hydrogen-bond acceptors (Lipinski definition) is 6. The van der Waals surface area contributed by atoms with Crippen LogP contribution >= 0.6 is 0 Å². The van der Waals surface area contributed by atoms with Crippen LogP contribution in [-0.2, 0) is 27.7 Å². The molecule has 0 aliphatic rings. The molecule has 0 amide bonds. The molecule has 1 aromatic heterocycles. The molecule has 3 aromatic rings. The summed E-state index contributed by atoms with van der Waals surface area (Å²) in [6.45, 7) is -0.479. The Kier molecular flexibility index (Phi) is 9.47. The van der Waals surface area contributed by atoms with Crippen molar-refractivity contribution >= 4 is 15.8 Å². The van der Waals surface area contributed by atoms with Crippen LogP contribution in [0, 0.1) is 0 Å². The first kappa shape index (κ1) is 29.4.